The highest BCUT2D eigenvalue weighted by molar-refractivity contribution is 7.19. The molecule has 0 unspecified atom stereocenters. The van der Waals surface area contributed by atoms with Crippen molar-refractivity contribution in [2.45, 2.75) is 53.1 Å². The third kappa shape index (κ3) is 5.12. The van der Waals surface area contributed by atoms with Gasteiger partial charge < -0.3 is 21.1 Å². The van der Waals surface area contributed by atoms with Crippen LogP contribution in [0.2, 0.25) is 0 Å². The molecular formula is C15H27N3O2S. The van der Waals surface area contributed by atoms with Gasteiger partial charge in [-0.1, -0.05) is 19.8 Å². The Hall–Kier alpha value is -1.43. The number of nitrogens with two attached hydrogens (primary N) is 1. The highest BCUT2D eigenvalue weighted by Gasteiger charge is 2.22. The first kappa shape index (κ1) is 17.6. The van der Waals surface area contributed by atoms with Gasteiger partial charge in [-0.05, 0) is 27.2 Å². The average molecular weight is 313 g/mol. The minimum atomic E-state index is -0.143. The minimum absolute atomic E-state index is 0.0141. The number of nitrogen functional groups attached to an aromatic ring is 1. The summed E-state index contributed by atoms with van der Waals surface area (Å²) in [5.41, 5.74) is 6.53. The second-order valence-electron chi connectivity index (χ2n) is 5.16. The van der Waals surface area contributed by atoms with Crippen LogP contribution in [0.25, 0.3) is 0 Å². The Bertz CT molecular complexity index is 458. The lowest BCUT2D eigenvalue weighted by Gasteiger charge is -2.12. The summed E-state index contributed by atoms with van der Waals surface area (Å²) in [6.07, 6.45) is 3.46. The highest BCUT2D eigenvalue weighted by atomic mass is 32.1. The van der Waals surface area contributed by atoms with Crippen molar-refractivity contribution in [2.75, 3.05) is 24.1 Å². The van der Waals surface area contributed by atoms with E-state index in [1.165, 1.54) is 24.2 Å². The zero-order chi connectivity index (χ0) is 15.8. The standard InChI is InChI=1S/C15H27N3O2S/c1-5-7-8-9-18-15-12(20-10(3)4)11(16)13(21-15)14(19)17-6-2/h10,18H,5-9,16H2,1-4H3,(H,17,19). The van der Waals surface area contributed by atoms with E-state index in [2.05, 4.69) is 17.6 Å². The van der Waals surface area contributed by atoms with Crippen LogP contribution in [0.3, 0.4) is 0 Å². The first-order valence-electron chi connectivity index (χ1n) is 7.62. The number of hydrogen-bond donors (Lipinski definition) is 3. The van der Waals surface area contributed by atoms with E-state index in [9.17, 15) is 4.79 Å². The van der Waals surface area contributed by atoms with E-state index in [1.54, 1.807) is 0 Å². The lowest BCUT2D eigenvalue weighted by molar-refractivity contribution is 0.0960. The van der Waals surface area contributed by atoms with Crippen molar-refractivity contribution >= 4 is 27.9 Å². The van der Waals surface area contributed by atoms with Crippen LogP contribution >= 0.6 is 11.3 Å². The van der Waals surface area contributed by atoms with Crippen molar-refractivity contribution in [1.29, 1.82) is 0 Å². The molecule has 1 amide bonds. The average Bonchev–Trinajstić information content (AvgIpc) is 2.72. The van der Waals surface area contributed by atoms with E-state index in [4.69, 9.17) is 10.5 Å². The summed E-state index contributed by atoms with van der Waals surface area (Å²) in [6, 6.07) is 0. The smallest absolute Gasteiger partial charge is 0.263 e. The maximum atomic E-state index is 12.0. The Morgan fingerprint density at radius 1 is 1.33 bits per heavy atom. The number of amides is 1. The van der Waals surface area contributed by atoms with Crippen molar-refractivity contribution < 1.29 is 9.53 Å². The second-order valence-corrected chi connectivity index (χ2v) is 6.18. The summed E-state index contributed by atoms with van der Waals surface area (Å²) in [6.45, 7) is 9.39. The highest BCUT2D eigenvalue weighted by Crippen LogP contribution is 2.43. The quantitative estimate of drug-likeness (QED) is 0.610. The van der Waals surface area contributed by atoms with Crippen LogP contribution in [-0.4, -0.2) is 25.1 Å². The molecule has 0 fully saturated rings. The molecule has 6 heteroatoms. The van der Waals surface area contributed by atoms with E-state index in [0.29, 0.717) is 22.9 Å². The summed E-state index contributed by atoms with van der Waals surface area (Å²) < 4.78 is 5.79. The topological polar surface area (TPSA) is 76.4 Å². The van der Waals surface area contributed by atoms with Gasteiger partial charge in [0.1, 0.15) is 15.6 Å². The minimum Gasteiger partial charge on any atom is -0.486 e. The van der Waals surface area contributed by atoms with E-state index >= 15 is 0 Å². The fourth-order valence-corrected chi connectivity index (χ4v) is 2.88. The Morgan fingerprint density at radius 2 is 2.05 bits per heavy atom. The molecular weight excluding hydrogens is 286 g/mol. The van der Waals surface area contributed by atoms with E-state index in [-0.39, 0.29) is 12.0 Å². The van der Waals surface area contributed by atoms with Crippen molar-refractivity contribution in [1.82, 2.24) is 5.32 Å². The SMILES string of the molecule is CCCCCNc1sc(C(=O)NCC)c(N)c1OC(C)C. The number of carbonyl (C=O) groups is 1. The van der Waals surface area contributed by atoms with Crippen LogP contribution in [0.1, 0.15) is 56.6 Å². The van der Waals surface area contributed by atoms with Crippen molar-refractivity contribution in [3.05, 3.63) is 4.88 Å². The molecule has 0 radical (unpaired) electrons. The van der Waals surface area contributed by atoms with Crippen molar-refractivity contribution in [2.24, 2.45) is 0 Å². The van der Waals surface area contributed by atoms with Gasteiger partial charge in [0.15, 0.2) is 5.75 Å². The van der Waals surface area contributed by atoms with Crippen LogP contribution < -0.4 is 21.1 Å². The molecule has 1 aromatic heterocycles. The van der Waals surface area contributed by atoms with Crippen LogP contribution in [0.5, 0.6) is 5.75 Å². The monoisotopic (exact) mass is 313 g/mol. The molecule has 120 valence electrons. The van der Waals surface area contributed by atoms with E-state index < -0.39 is 0 Å². The molecule has 0 aliphatic rings. The lowest BCUT2D eigenvalue weighted by atomic mass is 10.2. The van der Waals surface area contributed by atoms with Crippen molar-refractivity contribution in [3.63, 3.8) is 0 Å². The Labute approximate surface area is 131 Å². The molecule has 0 aliphatic carbocycles. The number of rotatable bonds is 9. The predicted molar refractivity (Wildman–Crippen MR) is 90.5 cm³/mol. The maximum absolute atomic E-state index is 12.0. The molecule has 1 aromatic rings. The Kier molecular flexibility index (Phi) is 7.36. The number of nitrogens with one attached hydrogen (secondary N) is 2. The predicted octanol–water partition coefficient (Wildman–Crippen LogP) is 3.47. The van der Waals surface area contributed by atoms with Gasteiger partial charge in [0.05, 0.1) is 6.10 Å². The molecule has 1 rings (SSSR count). The number of hydrogen-bond acceptors (Lipinski definition) is 5. The van der Waals surface area contributed by atoms with Crippen LogP contribution in [-0.2, 0) is 0 Å². The van der Waals surface area contributed by atoms with Gasteiger partial charge in [-0.15, -0.1) is 11.3 Å². The number of anilines is 2. The molecule has 0 spiro atoms. The molecule has 0 saturated heterocycles. The van der Waals surface area contributed by atoms with Gasteiger partial charge in [-0.2, -0.15) is 0 Å². The van der Waals surface area contributed by atoms with E-state index in [0.717, 1.165) is 18.0 Å². The zero-order valence-electron chi connectivity index (χ0n) is 13.4. The van der Waals surface area contributed by atoms with Crippen LogP contribution in [0, 0.1) is 0 Å². The fraction of sp³-hybridized carbons (Fsp3) is 0.667. The molecule has 0 saturated carbocycles. The number of unbranched alkanes of at least 4 members (excludes halogenated alkanes) is 2. The van der Waals surface area contributed by atoms with Crippen LogP contribution in [0.4, 0.5) is 10.7 Å². The Balaban J connectivity index is 2.92. The molecule has 0 aliphatic heterocycles. The first-order valence-corrected chi connectivity index (χ1v) is 8.43. The molecule has 4 N–H and O–H groups in total. The van der Waals surface area contributed by atoms with E-state index in [1.807, 2.05) is 20.8 Å². The number of thiophene rings is 1. The summed E-state index contributed by atoms with van der Waals surface area (Å²) in [5, 5.41) is 6.97. The van der Waals surface area contributed by atoms with Gasteiger partial charge in [0.2, 0.25) is 0 Å². The molecule has 5 nitrogen and oxygen atoms in total. The molecule has 1 heterocycles. The summed E-state index contributed by atoms with van der Waals surface area (Å²) >= 11 is 1.36. The number of ether oxygens (including phenoxy) is 1. The summed E-state index contributed by atoms with van der Waals surface area (Å²) in [4.78, 5) is 12.5. The Morgan fingerprint density at radius 3 is 2.62 bits per heavy atom. The third-order valence-corrected chi connectivity index (χ3v) is 4.01. The molecule has 21 heavy (non-hydrogen) atoms. The lowest BCUT2D eigenvalue weighted by Crippen LogP contribution is -2.22. The normalized spacial score (nSPS) is 10.7. The molecule has 0 aromatic carbocycles. The number of carbonyl (C=O) groups excluding carboxylic acids is 1. The van der Waals surface area contributed by atoms with Gasteiger partial charge >= 0.3 is 0 Å². The maximum Gasteiger partial charge on any atom is 0.263 e. The zero-order valence-corrected chi connectivity index (χ0v) is 14.2. The van der Waals surface area contributed by atoms with Gasteiger partial charge in [0, 0.05) is 13.1 Å². The van der Waals surface area contributed by atoms with Gasteiger partial charge in [-0.3, -0.25) is 4.79 Å². The molecule has 0 bridgehead atoms. The fourth-order valence-electron chi connectivity index (χ4n) is 1.88. The molecule has 0 atom stereocenters. The third-order valence-electron chi connectivity index (χ3n) is 2.86. The largest absolute Gasteiger partial charge is 0.486 e. The summed E-state index contributed by atoms with van der Waals surface area (Å²) in [7, 11) is 0. The first-order chi connectivity index (χ1) is 10.0. The second kappa shape index (κ2) is 8.77. The van der Waals surface area contributed by atoms with Crippen molar-refractivity contribution in [3.8, 4) is 5.75 Å². The van der Waals surface area contributed by atoms with Gasteiger partial charge in [0.25, 0.3) is 5.91 Å². The van der Waals surface area contributed by atoms with Gasteiger partial charge in [-0.25, -0.2) is 0 Å². The van der Waals surface area contributed by atoms with Crippen LogP contribution in [0.15, 0.2) is 0 Å². The summed E-state index contributed by atoms with van der Waals surface area (Å²) in [5.74, 6) is 0.461.